The number of nitrogens with zero attached hydrogens (tertiary/aromatic N) is 5. The van der Waals surface area contributed by atoms with Gasteiger partial charge in [0.2, 0.25) is 0 Å². The third-order valence-corrected chi connectivity index (χ3v) is 7.64. The maximum absolute atomic E-state index is 8.75. The van der Waals surface area contributed by atoms with Gasteiger partial charge in [0.25, 0.3) is 0 Å². The van der Waals surface area contributed by atoms with Gasteiger partial charge in [0.15, 0.2) is 0 Å². The van der Waals surface area contributed by atoms with Crippen molar-refractivity contribution in [3.05, 3.63) is 36.0 Å². The third kappa shape index (κ3) is 4.24. The first-order valence-electron chi connectivity index (χ1n) is 13.2. The fraction of sp³-hybridized carbons (Fsp3) is 0.577. The predicted molar refractivity (Wildman–Crippen MR) is 130 cm³/mol. The Morgan fingerprint density at radius 2 is 2.00 bits per heavy atom. The van der Waals surface area contributed by atoms with Gasteiger partial charge in [0.05, 0.1) is 17.8 Å². The van der Waals surface area contributed by atoms with Crippen LogP contribution in [0.15, 0.2) is 30.5 Å². The molecule has 2 aromatic heterocycles. The number of hydrogen-bond donors (Lipinski definition) is 1. The van der Waals surface area contributed by atoms with Crippen molar-refractivity contribution in [2.24, 2.45) is 24.8 Å². The van der Waals surface area contributed by atoms with E-state index in [1.54, 1.807) is 0 Å². The van der Waals surface area contributed by atoms with Crippen molar-refractivity contribution >= 4 is 16.7 Å². The maximum Gasteiger partial charge on any atom is 0.148 e. The number of nitrogens with one attached hydrogen (secondary N) is 1. The summed E-state index contributed by atoms with van der Waals surface area (Å²) in [7, 11) is 1.94. The Kier molecular flexibility index (Phi) is 4.97. The van der Waals surface area contributed by atoms with Crippen LogP contribution in [0.2, 0.25) is 0 Å². The van der Waals surface area contributed by atoms with Crippen LogP contribution in [0.1, 0.15) is 34.0 Å². The van der Waals surface area contributed by atoms with E-state index in [1.165, 1.54) is 5.56 Å². The summed E-state index contributed by atoms with van der Waals surface area (Å²) >= 11 is 0. The van der Waals surface area contributed by atoms with Crippen LogP contribution in [0.3, 0.4) is 0 Å². The van der Waals surface area contributed by atoms with E-state index < -0.39 is 6.50 Å². The molecule has 7 heteroatoms. The molecule has 1 aliphatic carbocycles. The Bertz CT molecular complexity index is 1190. The van der Waals surface area contributed by atoms with Gasteiger partial charge < -0.3 is 15.0 Å². The van der Waals surface area contributed by atoms with Crippen molar-refractivity contribution in [3.8, 4) is 11.3 Å². The minimum absolute atomic E-state index is 0.0136. The normalized spacial score (nSPS) is 29.2. The van der Waals surface area contributed by atoms with E-state index >= 15 is 0 Å². The molecule has 174 valence electrons. The Morgan fingerprint density at radius 3 is 2.73 bits per heavy atom. The summed E-state index contributed by atoms with van der Waals surface area (Å²) < 4.78 is 24.9. The maximum atomic E-state index is 8.75. The van der Waals surface area contributed by atoms with Gasteiger partial charge in [0, 0.05) is 59.2 Å². The lowest BCUT2D eigenvalue weighted by atomic mass is 10.0. The number of aromatic nitrogens is 4. The number of fused-ring (bicyclic) bond motifs is 2. The molecular weight excluding hydrogens is 412 g/mol. The van der Waals surface area contributed by atoms with Crippen LogP contribution in [0, 0.1) is 24.7 Å². The average Bonchev–Trinajstić information content (AvgIpc) is 3.54. The summed E-state index contributed by atoms with van der Waals surface area (Å²) in [5, 5.41) is 18.2. The first kappa shape index (κ1) is 18.9. The molecule has 4 atom stereocenters. The second kappa shape index (κ2) is 8.69. The topological polar surface area (TPSA) is 68.1 Å². The van der Waals surface area contributed by atoms with Crippen molar-refractivity contribution in [3.63, 3.8) is 0 Å². The van der Waals surface area contributed by atoms with Gasteiger partial charge in [-0.2, -0.15) is 5.10 Å². The van der Waals surface area contributed by atoms with Gasteiger partial charge in [-0.25, -0.2) is 0 Å². The smallest absolute Gasteiger partial charge is 0.148 e. The summed E-state index contributed by atoms with van der Waals surface area (Å²) in [6.07, 6.45) is 6.04. The monoisotopic (exact) mass is 448 g/mol. The van der Waals surface area contributed by atoms with E-state index in [1.807, 2.05) is 36.1 Å². The molecule has 1 N–H and O–H groups in total. The van der Waals surface area contributed by atoms with Crippen molar-refractivity contribution in [1.82, 2.24) is 24.9 Å². The molecule has 0 amide bonds. The van der Waals surface area contributed by atoms with Crippen LogP contribution < -0.4 is 5.32 Å². The standard InChI is InChI=1S/C26H34N6O/c1-17-22(5-6-25-23(17)15-31(2)30-25)24-7-8-26(29-28-24)27-21-10-19-13-32(14-20(19)11-21)12-18-4-3-9-33-16-18/h5-8,15,18-21H,3-4,9-14,16H2,1-2H3,(H,27,29)/t18-,19-,20+,21?/m0/s1/i12D2. The Hall–Kier alpha value is -2.51. The van der Waals surface area contributed by atoms with Crippen LogP contribution in [0.5, 0.6) is 0 Å². The summed E-state index contributed by atoms with van der Waals surface area (Å²) in [4.78, 5) is 2.09. The molecule has 6 rings (SSSR count). The molecule has 1 saturated carbocycles. The molecule has 1 unspecified atom stereocenters. The van der Waals surface area contributed by atoms with Gasteiger partial charge in [0.1, 0.15) is 5.82 Å². The second-order valence-corrected chi connectivity index (χ2v) is 10.1. The fourth-order valence-corrected chi connectivity index (χ4v) is 6.01. The molecule has 2 saturated heterocycles. The summed E-state index contributed by atoms with van der Waals surface area (Å²) in [5.41, 5.74) is 4.10. The Morgan fingerprint density at radius 1 is 1.15 bits per heavy atom. The van der Waals surface area contributed by atoms with Gasteiger partial charge in [-0.1, -0.05) is 6.07 Å². The van der Waals surface area contributed by atoms with Crippen molar-refractivity contribution in [2.45, 2.75) is 38.6 Å². The van der Waals surface area contributed by atoms with E-state index in [-0.39, 0.29) is 5.92 Å². The largest absolute Gasteiger partial charge is 0.381 e. The van der Waals surface area contributed by atoms with Crippen LogP contribution in [-0.2, 0) is 11.8 Å². The first-order valence-corrected chi connectivity index (χ1v) is 12.2. The highest BCUT2D eigenvalue weighted by Gasteiger charge is 2.41. The number of benzene rings is 1. The lowest BCUT2D eigenvalue weighted by Gasteiger charge is -2.27. The molecule has 33 heavy (non-hydrogen) atoms. The molecule has 3 aromatic rings. The van der Waals surface area contributed by atoms with Crippen molar-refractivity contribution in [2.75, 3.05) is 38.1 Å². The van der Waals surface area contributed by atoms with E-state index in [9.17, 15) is 0 Å². The first-order chi connectivity index (χ1) is 16.9. The Labute approximate surface area is 198 Å². The Balaban J connectivity index is 1.08. The van der Waals surface area contributed by atoms with Gasteiger partial charge in [-0.15, -0.1) is 10.2 Å². The molecule has 0 radical (unpaired) electrons. The molecule has 7 nitrogen and oxygen atoms in total. The van der Waals surface area contributed by atoms with E-state index in [0.29, 0.717) is 24.5 Å². The molecule has 0 spiro atoms. The van der Waals surface area contributed by atoms with Crippen LogP contribution in [0.25, 0.3) is 22.2 Å². The summed E-state index contributed by atoms with van der Waals surface area (Å²) in [5.74, 6) is 1.87. The van der Waals surface area contributed by atoms with E-state index in [0.717, 1.165) is 73.4 Å². The highest BCUT2D eigenvalue weighted by molar-refractivity contribution is 5.88. The predicted octanol–water partition coefficient (Wildman–Crippen LogP) is 3.89. The summed E-state index contributed by atoms with van der Waals surface area (Å²) in [6.45, 7) is 3.84. The SMILES string of the molecule is [2H]C([2H])([C@@H]1CCCOC1)N1C[C@H]2CC(Nc3ccc(-c4ccc5nn(C)cc5c4C)nn3)C[C@H]2C1. The number of hydrogen-bond acceptors (Lipinski definition) is 6. The average molecular weight is 449 g/mol. The summed E-state index contributed by atoms with van der Waals surface area (Å²) in [6, 6.07) is 8.54. The zero-order chi connectivity index (χ0) is 24.2. The molecule has 1 aromatic carbocycles. The van der Waals surface area contributed by atoms with Crippen molar-refractivity contribution in [1.29, 1.82) is 0 Å². The van der Waals surface area contributed by atoms with E-state index in [4.69, 9.17) is 7.48 Å². The zero-order valence-corrected chi connectivity index (χ0v) is 19.5. The number of ether oxygens (including phenoxy) is 1. The number of rotatable bonds is 5. The molecule has 2 aliphatic heterocycles. The second-order valence-electron chi connectivity index (χ2n) is 10.1. The molecule has 3 fully saturated rings. The van der Waals surface area contributed by atoms with Crippen LogP contribution >= 0.6 is 0 Å². The van der Waals surface area contributed by atoms with Gasteiger partial charge in [-0.05, 0) is 74.1 Å². The van der Waals surface area contributed by atoms with E-state index in [2.05, 4.69) is 38.5 Å². The van der Waals surface area contributed by atoms with Crippen molar-refractivity contribution < 1.29 is 7.48 Å². The van der Waals surface area contributed by atoms with Gasteiger partial charge in [-0.3, -0.25) is 4.68 Å². The lowest BCUT2D eigenvalue weighted by Crippen LogP contribution is -2.33. The molecular formula is C26H34N6O. The molecule has 4 heterocycles. The fourth-order valence-electron chi connectivity index (χ4n) is 6.01. The lowest BCUT2D eigenvalue weighted by molar-refractivity contribution is 0.0407. The number of anilines is 1. The van der Waals surface area contributed by atoms with Gasteiger partial charge >= 0.3 is 0 Å². The molecule has 3 aliphatic rings. The van der Waals surface area contributed by atoms with Crippen LogP contribution in [-0.4, -0.2) is 63.7 Å². The highest BCUT2D eigenvalue weighted by Crippen LogP contribution is 2.39. The number of aryl methyl sites for hydroxylation is 2. The zero-order valence-electron chi connectivity index (χ0n) is 21.5. The molecule has 0 bridgehead atoms. The minimum Gasteiger partial charge on any atom is -0.381 e. The third-order valence-electron chi connectivity index (χ3n) is 7.64. The number of likely N-dealkylation sites (tertiary alicyclic amines) is 1. The quantitative estimate of drug-likeness (QED) is 0.639. The highest BCUT2D eigenvalue weighted by atomic mass is 16.5. The van der Waals surface area contributed by atoms with Crippen LogP contribution in [0.4, 0.5) is 5.82 Å². The minimum atomic E-state index is -1.27.